The van der Waals surface area contributed by atoms with Gasteiger partial charge < -0.3 is 25.2 Å². The van der Waals surface area contributed by atoms with Crippen LogP contribution in [0.3, 0.4) is 0 Å². The van der Waals surface area contributed by atoms with Crippen molar-refractivity contribution < 1.29 is 28.6 Å². The summed E-state index contributed by atoms with van der Waals surface area (Å²) in [6, 6.07) is 17.1. The van der Waals surface area contributed by atoms with Gasteiger partial charge in [-0.1, -0.05) is 76.2 Å². The molecule has 0 saturated carbocycles. The number of aryl methyl sites for hydroxylation is 1. The minimum atomic E-state index is -4.03. The molecule has 232 valence electrons. The highest BCUT2D eigenvalue weighted by atomic mass is 31.2. The van der Waals surface area contributed by atoms with Gasteiger partial charge >= 0.3 is 6.09 Å². The highest BCUT2D eigenvalue weighted by molar-refractivity contribution is 7.58. The maximum Gasteiger partial charge on any atom is 0.407 e. The Bertz CT molecular complexity index is 1160. The SMILES string of the molecule is CCC(CP(=O)(O)CN(C(=O)CCCc1ccccc1)[C@@H](CC(C)C)C(=O)Nc1ccccc1)NC(=O)OC(C)CC. The third-order valence-corrected chi connectivity index (χ3v) is 8.77. The highest BCUT2D eigenvalue weighted by Gasteiger charge is 2.36. The van der Waals surface area contributed by atoms with E-state index in [9.17, 15) is 23.8 Å². The van der Waals surface area contributed by atoms with Crippen molar-refractivity contribution in [1.82, 2.24) is 10.2 Å². The van der Waals surface area contributed by atoms with Crippen LogP contribution in [0.15, 0.2) is 60.7 Å². The van der Waals surface area contributed by atoms with Crippen LogP contribution in [0.5, 0.6) is 0 Å². The number of carbonyl (C=O) groups excluding carboxylic acids is 3. The Balaban J connectivity index is 2.27. The molecule has 0 aromatic heterocycles. The fourth-order valence-corrected chi connectivity index (χ4v) is 6.52. The Labute approximate surface area is 250 Å². The number of carbonyl (C=O) groups is 3. The van der Waals surface area contributed by atoms with E-state index in [-0.39, 0.29) is 30.5 Å². The van der Waals surface area contributed by atoms with Crippen LogP contribution in [0, 0.1) is 5.92 Å². The quantitative estimate of drug-likeness (QED) is 0.180. The lowest BCUT2D eigenvalue weighted by molar-refractivity contribution is -0.138. The van der Waals surface area contributed by atoms with Crippen LogP contribution in [0.1, 0.15) is 72.3 Å². The molecule has 2 rings (SSSR count). The van der Waals surface area contributed by atoms with Crippen LogP contribution in [0.25, 0.3) is 0 Å². The van der Waals surface area contributed by atoms with Gasteiger partial charge in [0.05, 0.1) is 6.29 Å². The minimum absolute atomic E-state index is 0.0367. The molecular formula is C32H48N3O6P. The number of nitrogens with one attached hydrogen (secondary N) is 2. The van der Waals surface area contributed by atoms with Gasteiger partial charge in [-0.3, -0.25) is 14.2 Å². The van der Waals surface area contributed by atoms with Gasteiger partial charge in [-0.25, -0.2) is 4.79 Å². The number of amides is 3. The first kappa shape index (κ1) is 35.0. The molecule has 0 bridgehead atoms. The molecule has 42 heavy (non-hydrogen) atoms. The molecule has 4 atom stereocenters. The lowest BCUT2D eigenvalue weighted by Crippen LogP contribution is -2.49. The van der Waals surface area contributed by atoms with Gasteiger partial charge in [0.2, 0.25) is 19.2 Å². The van der Waals surface area contributed by atoms with Crippen molar-refractivity contribution in [2.45, 2.75) is 91.3 Å². The summed E-state index contributed by atoms with van der Waals surface area (Å²) in [4.78, 5) is 52.0. The summed E-state index contributed by atoms with van der Waals surface area (Å²) in [5.74, 6) is -0.727. The summed E-state index contributed by atoms with van der Waals surface area (Å²) >= 11 is 0. The van der Waals surface area contributed by atoms with E-state index in [0.29, 0.717) is 37.8 Å². The number of benzene rings is 2. The van der Waals surface area contributed by atoms with Crippen molar-refractivity contribution in [3.8, 4) is 0 Å². The molecule has 0 aliphatic heterocycles. The molecular weight excluding hydrogens is 553 g/mol. The summed E-state index contributed by atoms with van der Waals surface area (Å²) in [5, 5.41) is 5.56. The van der Waals surface area contributed by atoms with Gasteiger partial charge in [0.15, 0.2) is 0 Å². The third kappa shape index (κ3) is 12.8. The van der Waals surface area contributed by atoms with Gasteiger partial charge in [0, 0.05) is 24.3 Å². The number of anilines is 1. The smallest absolute Gasteiger partial charge is 0.407 e. The van der Waals surface area contributed by atoms with E-state index in [1.54, 1.807) is 38.1 Å². The van der Waals surface area contributed by atoms with Crippen molar-refractivity contribution in [3.05, 3.63) is 66.2 Å². The molecule has 0 saturated heterocycles. The summed E-state index contributed by atoms with van der Waals surface area (Å²) in [6.45, 7) is 9.35. The number of alkyl carbamates (subject to hydrolysis) is 1. The highest BCUT2D eigenvalue weighted by Crippen LogP contribution is 2.43. The van der Waals surface area contributed by atoms with E-state index in [1.807, 2.05) is 57.2 Å². The second-order valence-electron chi connectivity index (χ2n) is 11.2. The molecule has 3 unspecified atom stereocenters. The number of hydrogen-bond donors (Lipinski definition) is 3. The number of nitrogens with zero attached hydrogens (tertiary/aromatic N) is 1. The summed E-state index contributed by atoms with van der Waals surface area (Å²) < 4.78 is 18.9. The van der Waals surface area contributed by atoms with E-state index >= 15 is 0 Å². The second kappa shape index (κ2) is 17.7. The number of ether oxygens (including phenoxy) is 1. The molecule has 0 heterocycles. The fourth-order valence-electron chi connectivity index (χ4n) is 4.54. The second-order valence-corrected chi connectivity index (χ2v) is 13.6. The lowest BCUT2D eigenvalue weighted by atomic mass is 10.0. The molecule has 3 amide bonds. The average molecular weight is 602 g/mol. The Hall–Kier alpha value is -3.16. The topological polar surface area (TPSA) is 125 Å². The maximum absolute atomic E-state index is 13.7. The summed E-state index contributed by atoms with van der Waals surface area (Å²) in [5.41, 5.74) is 1.67. The predicted molar refractivity (Wildman–Crippen MR) is 168 cm³/mol. The first-order valence-electron chi connectivity index (χ1n) is 14.9. The zero-order chi connectivity index (χ0) is 31.1. The third-order valence-electron chi connectivity index (χ3n) is 7.01. The number of rotatable bonds is 17. The number of hydrogen-bond acceptors (Lipinski definition) is 5. The van der Waals surface area contributed by atoms with Gasteiger partial charge in [-0.2, -0.15) is 0 Å². The zero-order valence-corrected chi connectivity index (χ0v) is 26.5. The molecule has 10 heteroatoms. The molecule has 0 radical (unpaired) electrons. The Morgan fingerprint density at radius 2 is 1.57 bits per heavy atom. The molecule has 0 aliphatic rings. The first-order valence-corrected chi connectivity index (χ1v) is 16.9. The fraction of sp³-hybridized carbons (Fsp3) is 0.531. The van der Waals surface area contributed by atoms with Crippen LogP contribution in [-0.2, 0) is 25.3 Å². The van der Waals surface area contributed by atoms with Gasteiger partial charge in [-0.15, -0.1) is 0 Å². The van der Waals surface area contributed by atoms with Gasteiger partial charge in [0.25, 0.3) is 0 Å². The molecule has 3 N–H and O–H groups in total. The van der Waals surface area contributed by atoms with E-state index in [0.717, 1.165) is 5.56 Å². The van der Waals surface area contributed by atoms with E-state index in [4.69, 9.17) is 4.74 Å². The Kier molecular flexibility index (Phi) is 14.8. The zero-order valence-electron chi connectivity index (χ0n) is 25.6. The summed E-state index contributed by atoms with van der Waals surface area (Å²) in [7, 11) is -4.03. The molecule has 0 spiro atoms. The normalized spacial score (nSPS) is 14.7. The van der Waals surface area contributed by atoms with E-state index < -0.39 is 37.7 Å². The average Bonchev–Trinajstić information content (AvgIpc) is 2.95. The molecule has 9 nitrogen and oxygen atoms in total. The standard InChI is InChI=1S/C32H48N3O6P/c1-6-25(5)41-32(38)34-27(7-2)22-42(39,40)23-35(30(36)20-14-17-26-15-10-8-11-16-26)29(21-24(3)4)31(37)33-28-18-12-9-13-19-28/h8-13,15-16,18-19,24-25,27,29H,6-7,14,17,20-23H2,1-5H3,(H,33,37)(H,34,38)(H,39,40)/t25?,27?,29-/m0/s1. The molecule has 2 aromatic rings. The first-order chi connectivity index (χ1) is 19.9. The molecule has 0 aliphatic carbocycles. The lowest BCUT2D eigenvalue weighted by Gasteiger charge is -2.34. The minimum Gasteiger partial charge on any atom is -0.447 e. The largest absolute Gasteiger partial charge is 0.447 e. The number of para-hydroxylation sites is 1. The van der Waals surface area contributed by atoms with E-state index in [2.05, 4.69) is 10.6 Å². The van der Waals surface area contributed by atoms with Gasteiger partial charge in [-0.05, 0) is 62.6 Å². The van der Waals surface area contributed by atoms with Crippen molar-refractivity contribution in [3.63, 3.8) is 0 Å². The van der Waals surface area contributed by atoms with Crippen molar-refractivity contribution in [1.29, 1.82) is 0 Å². The maximum atomic E-state index is 13.7. The van der Waals surface area contributed by atoms with Crippen molar-refractivity contribution in [2.75, 3.05) is 17.8 Å². The van der Waals surface area contributed by atoms with Crippen LogP contribution in [0.4, 0.5) is 10.5 Å². The molecule has 2 aromatic carbocycles. The Morgan fingerprint density at radius 1 is 0.952 bits per heavy atom. The van der Waals surface area contributed by atoms with Crippen molar-refractivity contribution in [2.24, 2.45) is 5.92 Å². The van der Waals surface area contributed by atoms with Crippen LogP contribution >= 0.6 is 7.37 Å². The van der Waals surface area contributed by atoms with Crippen molar-refractivity contribution >= 4 is 31.0 Å². The van der Waals surface area contributed by atoms with Crippen LogP contribution < -0.4 is 10.6 Å². The Morgan fingerprint density at radius 3 is 2.14 bits per heavy atom. The predicted octanol–water partition coefficient (Wildman–Crippen LogP) is 6.42. The molecule has 0 fully saturated rings. The van der Waals surface area contributed by atoms with E-state index in [1.165, 1.54) is 4.90 Å². The monoisotopic (exact) mass is 601 g/mol. The van der Waals surface area contributed by atoms with Gasteiger partial charge in [0.1, 0.15) is 12.1 Å². The van der Waals surface area contributed by atoms with Crippen LogP contribution in [0.2, 0.25) is 0 Å². The van der Waals surface area contributed by atoms with Crippen LogP contribution in [-0.4, -0.2) is 58.3 Å². The summed E-state index contributed by atoms with van der Waals surface area (Å²) in [6.07, 6.45) is 1.02.